The Morgan fingerprint density at radius 3 is 2.64 bits per heavy atom. The molecule has 0 fully saturated rings. The smallest absolute Gasteiger partial charge is 0.260 e. The fourth-order valence-corrected chi connectivity index (χ4v) is 3.59. The summed E-state index contributed by atoms with van der Waals surface area (Å²) in [4.78, 5) is 12.2. The molecule has 0 bridgehead atoms. The second-order valence-corrected chi connectivity index (χ2v) is 6.70. The molecule has 0 saturated heterocycles. The van der Waals surface area contributed by atoms with Crippen LogP contribution in [0.2, 0.25) is 0 Å². The fourth-order valence-electron chi connectivity index (χ4n) is 3.59. The fraction of sp³-hybridized carbons (Fsp3) is 0.353. The summed E-state index contributed by atoms with van der Waals surface area (Å²) in [7, 11) is 0. The monoisotopic (exact) mass is 299 g/mol. The number of benzene rings is 2. The molecule has 22 heavy (non-hydrogen) atoms. The molecule has 0 radical (unpaired) electrons. The number of carbonyl (C=O) groups is 1. The Morgan fingerprint density at radius 2 is 1.95 bits per heavy atom. The van der Waals surface area contributed by atoms with E-state index in [0.717, 1.165) is 10.9 Å². The van der Waals surface area contributed by atoms with E-state index in [-0.39, 0.29) is 28.6 Å². The summed E-state index contributed by atoms with van der Waals surface area (Å²) in [5.74, 6) is 0.172. The minimum atomic E-state index is -0.401. The van der Waals surface area contributed by atoms with Crippen molar-refractivity contribution in [3.63, 3.8) is 0 Å². The molecule has 2 aromatic carbocycles. The van der Waals surface area contributed by atoms with Crippen molar-refractivity contribution >= 4 is 22.4 Å². The molecule has 1 atom stereocenters. The van der Waals surface area contributed by atoms with Crippen LogP contribution in [0.15, 0.2) is 6.07 Å². The van der Waals surface area contributed by atoms with Crippen molar-refractivity contribution in [3.8, 4) is 17.2 Å². The van der Waals surface area contributed by atoms with E-state index in [2.05, 4.69) is 5.32 Å². The van der Waals surface area contributed by atoms with Crippen LogP contribution < -0.4 is 10.1 Å². The average Bonchev–Trinajstić information content (AvgIpc) is 2.86. The summed E-state index contributed by atoms with van der Waals surface area (Å²) in [6.07, 6.45) is -0.0985. The van der Waals surface area contributed by atoms with Crippen LogP contribution >= 0.6 is 0 Å². The quantitative estimate of drug-likeness (QED) is 0.653. The lowest BCUT2D eigenvalue weighted by Crippen LogP contribution is -2.29. The van der Waals surface area contributed by atoms with Gasteiger partial charge >= 0.3 is 0 Å². The van der Waals surface area contributed by atoms with Crippen molar-refractivity contribution in [3.05, 3.63) is 22.8 Å². The van der Waals surface area contributed by atoms with Gasteiger partial charge in [-0.15, -0.1) is 0 Å². The van der Waals surface area contributed by atoms with Gasteiger partial charge in [0, 0.05) is 21.8 Å². The number of amides is 1. The molecule has 114 valence electrons. The van der Waals surface area contributed by atoms with Crippen molar-refractivity contribution in [2.45, 2.75) is 39.2 Å². The molecule has 5 heteroatoms. The number of phenols is 2. The van der Waals surface area contributed by atoms with E-state index in [1.54, 1.807) is 6.07 Å². The zero-order chi connectivity index (χ0) is 16.0. The van der Waals surface area contributed by atoms with E-state index in [0.29, 0.717) is 22.4 Å². The van der Waals surface area contributed by atoms with Gasteiger partial charge in [-0.1, -0.05) is 13.8 Å². The van der Waals surface area contributed by atoms with Crippen LogP contribution in [0, 0.1) is 6.92 Å². The number of ether oxygens (including phenoxy) is 1. The molecule has 2 heterocycles. The third-order valence-electron chi connectivity index (χ3n) is 5.10. The van der Waals surface area contributed by atoms with Crippen LogP contribution in [0.3, 0.4) is 0 Å². The SMILES string of the molecule is Cc1cc(O)c2c3c(c(O)c4c(c13)OC(C)C4(C)C)NC2=O. The first kappa shape index (κ1) is 13.2. The van der Waals surface area contributed by atoms with E-state index in [1.165, 1.54) is 0 Å². The maximum atomic E-state index is 12.2. The Balaban J connectivity index is 2.27. The molecule has 3 N–H and O–H groups in total. The molecule has 2 aliphatic heterocycles. The Labute approximate surface area is 127 Å². The van der Waals surface area contributed by atoms with Crippen molar-refractivity contribution in [2.24, 2.45) is 0 Å². The first-order valence-electron chi connectivity index (χ1n) is 7.28. The first-order chi connectivity index (χ1) is 10.2. The van der Waals surface area contributed by atoms with Crippen LogP contribution in [0.5, 0.6) is 17.2 Å². The number of anilines is 1. The summed E-state index contributed by atoms with van der Waals surface area (Å²) in [6, 6.07) is 1.57. The van der Waals surface area contributed by atoms with Crippen molar-refractivity contribution in [2.75, 3.05) is 5.32 Å². The van der Waals surface area contributed by atoms with Crippen molar-refractivity contribution in [1.82, 2.24) is 0 Å². The largest absolute Gasteiger partial charge is 0.507 e. The van der Waals surface area contributed by atoms with Gasteiger partial charge in [-0.25, -0.2) is 0 Å². The van der Waals surface area contributed by atoms with Gasteiger partial charge in [0.25, 0.3) is 5.91 Å². The standard InChI is InChI=1S/C17H17NO4/c1-6-5-8(19)10-11-9(6)15-12(17(3,4)7(2)22-15)14(20)13(11)18-16(10)21/h5,7,19-20H,1-4H3,(H,18,21). The molecule has 1 amide bonds. The normalized spacial score (nSPS) is 20.9. The predicted molar refractivity (Wildman–Crippen MR) is 83.1 cm³/mol. The molecule has 4 rings (SSSR count). The van der Waals surface area contributed by atoms with E-state index >= 15 is 0 Å². The highest BCUT2D eigenvalue weighted by molar-refractivity contribution is 6.28. The molecule has 0 saturated carbocycles. The molecular weight excluding hydrogens is 282 g/mol. The Morgan fingerprint density at radius 1 is 1.27 bits per heavy atom. The van der Waals surface area contributed by atoms with Gasteiger partial charge in [-0.2, -0.15) is 0 Å². The number of aryl methyl sites for hydroxylation is 1. The number of fused-ring (bicyclic) bond motifs is 2. The zero-order valence-corrected chi connectivity index (χ0v) is 12.9. The number of phenolic OH excluding ortho intramolecular Hbond substituents is 2. The molecule has 2 aliphatic rings. The van der Waals surface area contributed by atoms with E-state index in [4.69, 9.17) is 4.74 Å². The Bertz CT molecular complexity index is 883. The molecule has 0 aliphatic carbocycles. The van der Waals surface area contributed by atoms with Crippen molar-refractivity contribution < 1.29 is 19.7 Å². The van der Waals surface area contributed by atoms with Gasteiger partial charge < -0.3 is 20.3 Å². The lowest BCUT2D eigenvalue weighted by Gasteiger charge is -2.23. The zero-order valence-electron chi connectivity index (χ0n) is 12.9. The van der Waals surface area contributed by atoms with Gasteiger partial charge in [0.1, 0.15) is 23.4 Å². The number of aromatic hydroxyl groups is 2. The van der Waals surface area contributed by atoms with Crippen LogP contribution in [-0.2, 0) is 5.41 Å². The summed E-state index contributed by atoms with van der Waals surface area (Å²) in [5.41, 5.74) is 1.73. The van der Waals surface area contributed by atoms with Crippen molar-refractivity contribution in [1.29, 1.82) is 0 Å². The highest BCUT2D eigenvalue weighted by Crippen LogP contribution is 2.58. The van der Waals surface area contributed by atoms with Gasteiger partial charge in [0.15, 0.2) is 0 Å². The molecule has 0 aromatic heterocycles. The van der Waals surface area contributed by atoms with Gasteiger partial charge in [0.05, 0.1) is 11.3 Å². The van der Waals surface area contributed by atoms with Gasteiger partial charge in [-0.05, 0) is 25.5 Å². The predicted octanol–water partition coefficient (Wildman–Crippen LogP) is 3.18. The van der Waals surface area contributed by atoms with E-state index in [1.807, 2.05) is 27.7 Å². The highest BCUT2D eigenvalue weighted by atomic mass is 16.5. The van der Waals surface area contributed by atoms with Crippen LogP contribution in [0.1, 0.15) is 42.3 Å². The lowest BCUT2D eigenvalue weighted by atomic mass is 9.79. The second-order valence-electron chi connectivity index (χ2n) is 6.70. The van der Waals surface area contributed by atoms with E-state index in [9.17, 15) is 15.0 Å². The Hall–Kier alpha value is -2.43. The Kier molecular flexibility index (Phi) is 2.20. The highest BCUT2D eigenvalue weighted by Gasteiger charge is 2.45. The molecular formula is C17H17NO4. The summed E-state index contributed by atoms with van der Waals surface area (Å²) >= 11 is 0. The topological polar surface area (TPSA) is 78.8 Å². The number of rotatable bonds is 0. The van der Waals surface area contributed by atoms with Crippen LogP contribution in [0.25, 0.3) is 10.8 Å². The molecule has 5 nitrogen and oxygen atoms in total. The number of hydrogen-bond acceptors (Lipinski definition) is 4. The maximum absolute atomic E-state index is 12.2. The number of nitrogens with one attached hydrogen (secondary N) is 1. The number of hydrogen-bond donors (Lipinski definition) is 3. The first-order valence-corrected chi connectivity index (χ1v) is 7.28. The van der Waals surface area contributed by atoms with E-state index < -0.39 is 5.91 Å². The average molecular weight is 299 g/mol. The molecule has 0 spiro atoms. The third-order valence-corrected chi connectivity index (χ3v) is 5.10. The minimum absolute atomic E-state index is 0.0361. The number of carbonyl (C=O) groups excluding carboxylic acids is 1. The maximum Gasteiger partial charge on any atom is 0.260 e. The molecule has 1 unspecified atom stereocenters. The van der Waals surface area contributed by atoms with Gasteiger partial charge in [-0.3, -0.25) is 4.79 Å². The van der Waals surface area contributed by atoms with Gasteiger partial charge in [0.2, 0.25) is 0 Å². The summed E-state index contributed by atoms with van der Waals surface area (Å²) in [5, 5.41) is 24.8. The molecule has 2 aromatic rings. The summed E-state index contributed by atoms with van der Waals surface area (Å²) in [6.45, 7) is 7.85. The van der Waals surface area contributed by atoms with Crippen LogP contribution in [0.4, 0.5) is 5.69 Å². The van der Waals surface area contributed by atoms with Crippen LogP contribution in [-0.4, -0.2) is 22.2 Å². The summed E-state index contributed by atoms with van der Waals surface area (Å²) < 4.78 is 6.03. The minimum Gasteiger partial charge on any atom is -0.507 e. The lowest BCUT2D eigenvalue weighted by molar-refractivity contribution is 0.102. The third kappa shape index (κ3) is 1.27. The second kappa shape index (κ2) is 3.66.